The highest BCUT2D eigenvalue weighted by Crippen LogP contribution is 2.38. The first-order valence-corrected chi connectivity index (χ1v) is 9.32. The van der Waals surface area contributed by atoms with Crippen LogP contribution in [-0.2, 0) is 4.74 Å². The van der Waals surface area contributed by atoms with E-state index < -0.39 is 0 Å². The van der Waals surface area contributed by atoms with Crippen molar-refractivity contribution < 1.29 is 14.2 Å². The van der Waals surface area contributed by atoms with Gasteiger partial charge in [0.1, 0.15) is 0 Å². The maximum Gasteiger partial charge on any atom is 0.189 e. The van der Waals surface area contributed by atoms with Gasteiger partial charge in [-0.2, -0.15) is 0 Å². The van der Waals surface area contributed by atoms with Gasteiger partial charge in [-0.05, 0) is 47.8 Å². The van der Waals surface area contributed by atoms with E-state index in [9.17, 15) is 0 Å². The molecule has 0 N–H and O–H groups in total. The Kier molecular flexibility index (Phi) is 9.05. The summed E-state index contributed by atoms with van der Waals surface area (Å²) in [5, 5.41) is 0. The summed E-state index contributed by atoms with van der Waals surface area (Å²) in [5.74, 6) is 2.56. The molecule has 142 valence electrons. The van der Waals surface area contributed by atoms with Crippen LogP contribution in [0.4, 0.5) is 0 Å². The molecule has 1 aromatic carbocycles. The van der Waals surface area contributed by atoms with E-state index in [-0.39, 0.29) is 12.2 Å². The normalized spacial score (nSPS) is 14.0. The van der Waals surface area contributed by atoms with E-state index >= 15 is 0 Å². The summed E-state index contributed by atoms with van der Waals surface area (Å²) < 4.78 is 16.9. The Hall–Kier alpha value is -1.48. The summed E-state index contributed by atoms with van der Waals surface area (Å²) in [5.41, 5.74) is 1.46. The Morgan fingerprint density at radius 2 is 1.92 bits per heavy atom. The van der Waals surface area contributed by atoms with Crippen molar-refractivity contribution in [1.29, 1.82) is 0 Å². The number of methoxy groups -OCH3 is 1. The number of hydrogen-bond acceptors (Lipinski definition) is 3. The van der Waals surface area contributed by atoms with Crippen LogP contribution in [0.5, 0.6) is 11.5 Å². The molecule has 0 aliphatic rings. The third-order valence-electron chi connectivity index (χ3n) is 5.03. The summed E-state index contributed by atoms with van der Waals surface area (Å²) in [7, 11) is 1.68. The zero-order valence-electron chi connectivity index (χ0n) is 16.9. The van der Waals surface area contributed by atoms with Crippen molar-refractivity contribution in [1.82, 2.24) is 0 Å². The van der Waals surface area contributed by atoms with Crippen LogP contribution >= 0.6 is 0 Å². The molecule has 0 saturated heterocycles. The average molecular weight is 349 g/mol. The van der Waals surface area contributed by atoms with E-state index in [0.717, 1.165) is 30.8 Å². The maximum absolute atomic E-state index is 5.76. The van der Waals surface area contributed by atoms with Crippen molar-refractivity contribution in [2.24, 2.45) is 11.3 Å². The highest BCUT2D eigenvalue weighted by molar-refractivity contribution is 5.44. The van der Waals surface area contributed by atoms with Crippen LogP contribution in [0.1, 0.15) is 65.4 Å². The van der Waals surface area contributed by atoms with Crippen LogP contribution in [0.2, 0.25) is 0 Å². The standard InChI is InChI=1S/C22H36O3/c1-8-10-18(9-2)13-14-24-16-25-20-12-11-19(15-21(20)23-7)17(3)22(4,5)6/h8,11-12,15,17-18H,1,9-10,13-14,16H2,2-7H3. The molecule has 3 heteroatoms. The fourth-order valence-corrected chi connectivity index (χ4v) is 2.71. The molecule has 0 radical (unpaired) electrons. The fraction of sp³-hybridized carbons (Fsp3) is 0.636. The molecule has 0 bridgehead atoms. The van der Waals surface area contributed by atoms with Gasteiger partial charge in [-0.1, -0.05) is 53.2 Å². The van der Waals surface area contributed by atoms with Crippen molar-refractivity contribution in [2.75, 3.05) is 20.5 Å². The SMILES string of the molecule is C=CCC(CC)CCOCOc1ccc(C(C)C(C)(C)C)cc1OC. The molecule has 2 atom stereocenters. The van der Waals surface area contributed by atoms with Gasteiger partial charge in [0.2, 0.25) is 0 Å². The molecule has 0 aliphatic heterocycles. The van der Waals surface area contributed by atoms with Crippen molar-refractivity contribution >= 4 is 0 Å². The summed E-state index contributed by atoms with van der Waals surface area (Å²) in [6.45, 7) is 15.9. The minimum absolute atomic E-state index is 0.206. The first-order valence-electron chi connectivity index (χ1n) is 9.32. The molecule has 0 fully saturated rings. The largest absolute Gasteiger partial charge is 0.493 e. The van der Waals surface area contributed by atoms with Crippen molar-refractivity contribution in [3.05, 3.63) is 36.4 Å². The zero-order chi connectivity index (χ0) is 18.9. The van der Waals surface area contributed by atoms with Crippen molar-refractivity contribution in [3.63, 3.8) is 0 Å². The second-order valence-electron chi connectivity index (χ2n) is 7.76. The molecular weight excluding hydrogens is 312 g/mol. The fourth-order valence-electron chi connectivity index (χ4n) is 2.71. The third kappa shape index (κ3) is 7.11. The second kappa shape index (κ2) is 10.5. The zero-order valence-corrected chi connectivity index (χ0v) is 16.9. The molecular formula is C22H36O3. The van der Waals surface area contributed by atoms with Gasteiger partial charge >= 0.3 is 0 Å². The van der Waals surface area contributed by atoms with Crippen LogP contribution in [-0.4, -0.2) is 20.5 Å². The van der Waals surface area contributed by atoms with Crippen molar-refractivity contribution in [3.8, 4) is 11.5 Å². The highest BCUT2D eigenvalue weighted by Gasteiger charge is 2.22. The predicted octanol–water partition coefficient (Wildman–Crippen LogP) is 6.19. The lowest BCUT2D eigenvalue weighted by Crippen LogP contribution is -2.15. The van der Waals surface area contributed by atoms with Gasteiger partial charge in [-0.25, -0.2) is 0 Å². The lowest BCUT2D eigenvalue weighted by Gasteiger charge is -2.28. The molecule has 2 unspecified atom stereocenters. The number of rotatable bonds is 11. The van der Waals surface area contributed by atoms with Crippen LogP contribution in [0.15, 0.2) is 30.9 Å². The molecule has 1 aromatic rings. The molecule has 0 spiro atoms. The lowest BCUT2D eigenvalue weighted by atomic mass is 9.78. The Morgan fingerprint density at radius 1 is 1.20 bits per heavy atom. The molecule has 0 aliphatic carbocycles. The molecule has 0 heterocycles. The smallest absolute Gasteiger partial charge is 0.189 e. The average Bonchev–Trinajstić information content (AvgIpc) is 2.59. The first kappa shape index (κ1) is 21.6. The molecule has 0 saturated carbocycles. The Morgan fingerprint density at radius 3 is 2.48 bits per heavy atom. The number of ether oxygens (including phenoxy) is 3. The van der Waals surface area contributed by atoms with Crippen LogP contribution in [0.3, 0.4) is 0 Å². The quantitative estimate of drug-likeness (QED) is 0.271. The van der Waals surface area contributed by atoms with Gasteiger partial charge in [0, 0.05) is 0 Å². The maximum atomic E-state index is 5.76. The van der Waals surface area contributed by atoms with Gasteiger partial charge < -0.3 is 14.2 Å². The Labute approximate surface area is 154 Å². The predicted molar refractivity (Wildman–Crippen MR) is 106 cm³/mol. The van der Waals surface area contributed by atoms with Crippen molar-refractivity contribution in [2.45, 2.75) is 59.8 Å². The van der Waals surface area contributed by atoms with E-state index in [1.165, 1.54) is 5.56 Å². The van der Waals surface area contributed by atoms with E-state index in [4.69, 9.17) is 14.2 Å². The monoisotopic (exact) mass is 348 g/mol. The topological polar surface area (TPSA) is 27.7 Å². The van der Waals surface area contributed by atoms with Crippen LogP contribution in [0, 0.1) is 11.3 Å². The van der Waals surface area contributed by atoms with Gasteiger partial charge in [0.05, 0.1) is 13.7 Å². The van der Waals surface area contributed by atoms with Gasteiger partial charge in [0.15, 0.2) is 18.3 Å². The van der Waals surface area contributed by atoms with E-state index in [0.29, 0.717) is 18.4 Å². The second-order valence-corrected chi connectivity index (χ2v) is 7.76. The first-order chi connectivity index (χ1) is 11.8. The summed E-state index contributed by atoms with van der Waals surface area (Å²) in [4.78, 5) is 0. The number of allylic oxidation sites excluding steroid dienone is 1. The minimum atomic E-state index is 0.206. The molecule has 3 nitrogen and oxygen atoms in total. The van der Waals surface area contributed by atoms with Crippen LogP contribution < -0.4 is 9.47 Å². The highest BCUT2D eigenvalue weighted by atomic mass is 16.7. The van der Waals surface area contributed by atoms with E-state index in [1.54, 1.807) is 7.11 Å². The van der Waals surface area contributed by atoms with Gasteiger partial charge in [-0.3, -0.25) is 0 Å². The number of benzene rings is 1. The molecule has 25 heavy (non-hydrogen) atoms. The molecule has 1 rings (SSSR count). The summed E-state index contributed by atoms with van der Waals surface area (Å²) in [6.07, 6.45) is 5.21. The number of hydrogen-bond donors (Lipinski definition) is 0. The third-order valence-corrected chi connectivity index (χ3v) is 5.03. The van der Waals surface area contributed by atoms with E-state index in [1.807, 2.05) is 12.1 Å². The summed E-state index contributed by atoms with van der Waals surface area (Å²) >= 11 is 0. The van der Waals surface area contributed by atoms with Gasteiger partial charge in [0.25, 0.3) is 0 Å². The summed E-state index contributed by atoms with van der Waals surface area (Å²) in [6, 6.07) is 6.17. The van der Waals surface area contributed by atoms with Crippen LogP contribution in [0.25, 0.3) is 0 Å². The minimum Gasteiger partial charge on any atom is -0.493 e. The molecule has 0 aromatic heterocycles. The lowest BCUT2D eigenvalue weighted by molar-refractivity contribution is 0.00795. The molecule has 0 amide bonds. The van der Waals surface area contributed by atoms with E-state index in [2.05, 4.69) is 53.3 Å². The Balaban J connectivity index is 2.55. The Bertz CT molecular complexity index is 516. The van der Waals surface area contributed by atoms with Gasteiger partial charge in [-0.15, -0.1) is 6.58 Å².